The van der Waals surface area contributed by atoms with Crippen LogP contribution in [0.4, 0.5) is 11.4 Å². The smallest absolute Gasteiger partial charge is 0.258 e. The van der Waals surface area contributed by atoms with Crippen molar-refractivity contribution in [1.82, 2.24) is 0 Å². The summed E-state index contributed by atoms with van der Waals surface area (Å²) in [6.07, 6.45) is 1.99. The highest BCUT2D eigenvalue weighted by Crippen LogP contribution is 2.32. The monoisotopic (exact) mass is 300 g/mol. The summed E-state index contributed by atoms with van der Waals surface area (Å²) in [4.78, 5) is 14.7. The molecule has 1 heterocycles. The van der Waals surface area contributed by atoms with E-state index in [0.717, 1.165) is 30.6 Å². The van der Waals surface area contributed by atoms with E-state index in [1.807, 2.05) is 24.0 Å². The Balaban J connectivity index is 2.02. The Morgan fingerprint density at radius 1 is 1.29 bits per heavy atom. The molecule has 0 bridgehead atoms. The largest absolute Gasteiger partial charge is 0.398 e. The summed E-state index contributed by atoms with van der Waals surface area (Å²) in [6.45, 7) is 2.78. The minimum absolute atomic E-state index is 0.0198. The quantitative estimate of drug-likeness (QED) is 0.814. The molecule has 2 N–H and O–H groups in total. The molecule has 3 rings (SSSR count). The first-order chi connectivity index (χ1) is 10.1. The third kappa shape index (κ3) is 2.49. The summed E-state index contributed by atoms with van der Waals surface area (Å²) < 4.78 is 0. The van der Waals surface area contributed by atoms with Gasteiger partial charge in [0, 0.05) is 12.1 Å². The molecule has 0 aromatic heterocycles. The molecule has 21 heavy (non-hydrogen) atoms. The maximum absolute atomic E-state index is 12.8. The average molecular weight is 301 g/mol. The Morgan fingerprint density at radius 2 is 2.10 bits per heavy atom. The number of para-hydroxylation sites is 1. The maximum atomic E-state index is 12.8. The fraction of sp³-hybridized carbons (Fsp3) is 0.235. The van der Waals surface area contributed by atoms with Gasteiger partial charge >= 0.3 is 0 Å². The van der Waals surface area contributed by atoms with Crippen LogP contribution in [0.25, 0.3) is 0 Å². The van der Waals surface area contributed by atoms with Gasteiger partial charge < -0.3 is 10.6 Å². The van der Waals surface area contributed by atoms with Crippen molar-refractivity contribution in [3.63, 3.8) is 0 Å². The molecule has 0 aliphatic carbocycles. The van der Waals surface area contributed by atoms with Crippen molar-refractivity contribution in [2.24, 2.45) is 0 Å². The second-order valence-electron chi connectivity index (χ2n) is 5.38. The Bertz CT molecular complexity index is 712. The van der Waals surface area contributed by atoms with Crippen molar-refractivity contribution in [3.05, 3.63) is 58.1 Å². The van der Waals surface area contributed by atoms with Gasteiger partial charge in [-0.05, 0) is 49.1 Å². The predicted octanol–water partition coefficient (Wildman–Crippen LogP) is 3.82. The zero-order valence-electron chi connectivity index (χ0n) is 11.9. The SMILES string of the molecule is Cc1cccc2c1N(C(=O)c1ccc(Cl)c(N)c1)CCC2. The van der Waals surface area contributed by atoms with E-state index in [-0.39, 0.29) is 5.91 Å². The van der Waals surface area contributed by atoms with E-state index < -0.39 is 0 Å². The van der Waals surface area contributed by atoms with Crippen molar-refractivity contribution < 1.29 is 4.79 Å². The van der Waals surface area contributed by atoms with Gasteiger partial charge in [0.2, 0.25) is 0 Å². The van der Waals surface area contributed by atoms with Crippen LogP contribution in [0, 0.1) is 6.92 Å². The number of amides is 1. The van der Waals surface area contributed by atoms with Crippen molar-refractivity contribution in [2.75, 3.05) is 17.2 Å². The first-order valence-electron chi connectivity index (χ1n) is 7.03. The van der Waals surface area contributed by atoms with Crippen LogP contribution in [0.5, 0.6) is 0 Å². The van der Waals surface area contributed by atoms with Crippen molar-refractivity contribution in [2.45, 2.75) is 19.8 Å². The Labute approximate surface area is 129 Å². The summed E-state index contributed by atoms with van der Waals surface area (Å²) in [5.74, 6) is -0.0198. The molecule has 0 fully saturated rings. The lowest BCUT2D eigenvalue weighted by molar-refractivity contribution is 0.0985. The maximum Gasteiger partial charge on any atom is 0.258 e. The third-order valence-corrected chi connectivity index (χ3v) is 4.25. The van der Waals surface area contributed by atoms with Crippen LogP contribution in [0.2, 0.25) is 5.02 Å². The summed E-state index contributed by atoms with van der Waals surface area (Å²) in [5, 5.41) is 0.474. The molecule has 0 atom stereocenters. The molecule has 3 nitrogen and oxygen atoms in total. The molecule has 2 aromatic carbocycles. The van der Waals surface area contributed by atoms with Gasteiger partial charge in [0.1, 0.15) is 0 Å². The molecule has 1 aliphatic rings. The van der Waals surface area contributed by atoms with Crippen LogP contribution in [0.1, 0.15) is 27.9 Å². The molecule has 4 heteroatoms. The number of hydrogen-bond donors (Lipinski definition) is 1. The molecule has 0 unspecified atom stereocenters. The number of halogens is 1. The van der Waals surface area contributed by atoms with E-state index in [9.17, 15) is 4.79 Å². The van der Waals surface area contributed by atoms with Gasteiger partial charge in [-0.15, -0.1) is 0 Å². The first kappa shape index (κ1) is 14.0. The van der Waals surface area contributed by atoms with Gasteiger partial charge in [0.15, 0.2) is 0 Å². The number of hydrogen-bond acceptors (Lipinski definition) is 2. The van der Waals surface area contributed by atoms with Crippen molar-refractivity contribution in [3.8, 4) is 0 Å². The molecule has 2 aromatic rings. The lowest BCUT2D eigenvalue weighted by Crippen LogP contribution is -2.36. The molecular formula is C17H17ClN2O. The molecule has 0 radical (unpaired) electrons. The van der Waals surface area contributed by atoms with Gasteiger partial charge in [-0.3, -0.25) is 4.79 Å². The van der Waals surface area contributed by atoms with E-state index in [1.165, 1.54) is 5.56 Å². The number of rotatable bonds is 1. The molecule has 0 spiro atoms. The minimum atomic E-state index is -0.0198. The first-order valence-corrected chi connectivity index (χ1v) is 7.41. The number of aryl methyl sites for hydroxylation is 2. The Morgan fingerprint density at radius 3 is 2.86 bits per heavy atom. The van der Waals surface area contributed by atoms with Crippen LogP contribution >= 0.6 is 11.6 Å². The fourth-order valence-electron chi connectivity index (χ4n) is 2.88. The number of nitrogens with zero attached hydrogens (tertiary/aromatic N) is 1. The second kappa shape index (κ2) is 5.41. The Kier molecular flexibility index (Phi) is 3.60. The Hall–Kier alpha value is -2.00. The van der Waals surface area contributed by atoms with Gasteiger partial charge in [0.05, 0.1) is 16.4 Å². The fourth-order valence-corrected chi connectivity index (χ4v) is 3.00. The molecule has 1 amide bonds. The zero-order valence-corrected chi connectivity index (χ0v) is 12.7. The van der Waals surface area contributed by atoms with E-state index in [2.05, 4.69) is 6.07 Å². The number of carbonyl (C=O) groups excluding carboxylic acids is 1. The zero-order chi connectivity index (χ0) is 15.0. The predicted molar refractivity (Wildman–Crippen MR) is 87.0 cm³/mol. The number of nitrogens with two attached hydrogens (primary N) is 1. The van der Waals surface area contributed by atoms with Crippen molar-refractivity contribution in [1.29, 1.82) is 0 Å². The normalized spacial score (nSPS) is 13.9. The topological polar surface area (TPSA) is 46.3 Å². The second-order valence-corrected chi connectivity index (χ2v) is 5.79. The molecule has 0 saturated carbocycles. The van der Waals surface area contributed by atoms with Gasteiger partial charge in [0.25, 0.3) is 5.91 Å². The third-order valence-electron chi connectivity index (χ3n) is 3.91. The van der Waals surface area contributed by atoms with Gasteiger partial charge in [-0.25, -0.2) is 0 Å². The number of nitrogen functional groups attached to an aromatic ring is 1. The van der Waals surface area contributed by atoms with Crippen LogP contribution in [0.3, 0.4) is 0 Å². The van der Waals surface area contributed by atoms with Crippen LogP contribution in [0.15, 0.2) is 36.4 Å². The van der Waals surface area contributed by atoms with E-state index >= 15 is 0 Å². The number of anilines is 2. The van der Waals surface area contributed by atoms with E-state index in [0.29, 0.717) is 16.3 Å². The van der Waals surface area contributed by atoms with Crippen LogP contribution < -0.4 is 10.6 Å². The van der Waals surface area contributed by atoms with Crippen LogP contribution in [-0.4, -0.2) is 12.5 Å². The number of fused-ring (bicyclic) bond motifs is 1. The van der Waals surface area contributed by atoms with Gasteiger partial charge in [-0.1, -0.05) is 29.8 Å². The molecule has 1 aliphatic heterocycles. The summed E-state index contributed by atoms with van der Waals surface area (Å²) in [7, 11) is 0. The van der Waals surface area contributed by atoms with Crippen LogP contribution in [-0.2, 0) is 6.42 Å². The molecular weight excluding hydrogens is 284 g/mol. The number of carbonyl (C=O) groups is 1. The van der Waals surface area contributed by atoms with E-state index in [4.69, 9.17) is 17.3 Å². The average Bonchev–Trinajstić information content (AvgIpc) is 2.49. The summed E-state index contributed by atoms with van der Waals surface area (Å²) >= 11 is 5.93. The van der Waals surface area contributed by atoms with Crippen molar-refractivity contribution >= 4 is 28.9 Å². The minimum Gasteiger partial charge on any atom is -0.398 e. The lowest BCUT2D eigenvalue weighted by atomic mass is 9.97. The number of benzene rings is 2. The highest BCUT2D eigenvalue weighted by molar-refractivity contribution is 6.33. The summed E-state index contributed by atoms with van der Waals surface area (Å²) in [5.41, 5.74) is 10.2. The standard InChI is InChI=1S/C17H17ClN2O/c1-11-4-2-5-12-6-3-9-20(16(11)12)17(21)13-7-8-14(18)15(19)10-13/h2,4-5,7-8,10H,3,6,9,19H2,1H3. The summed E-state index contributed by atoms with van der Waals surface area (Å²) in [6, 6.07) is 11.2. The highest BCUT2D eigenvalue weighted by atomic mass is 35.5. The van der Waals surface area contributed by atoms with Gasteiger partial charge in [-0.2, -0.15) is 0 Å². The van der Waals surface area contributed by atoms with E-state index in [1.54, 1.807) is 18.2 Å². The molecule has 108 valence electrons. The lowest BCUT2D eigenvalue weighted by Gasteiger charge is -2.31. The molecule has 0 saturated heterocycles. The highest BCUT2D eigenvalue weighted by Gasteiger charge is 2.25.